The van der Waals surface area contributed by atoms with E-state index in [0.717, 1.165) is 34.2 Å². The van der Waals surface area contributed by atoms with E-state index in [1.54, 1.807) is 0 Å². The van der Waals surface area contributed by atoms with E-state index in [1.165, 1.54) is 12.1 Å². The summed E-state index contributed by atoms with van der Waals surface area (Å²) in [6, 6.07) is 4.11. The lowest BCUT2D eigenvalue weighted by Gasteiger charge is -2.20. The van der Waals surface area contributed by atoms with Crippen molar-refractivity contribution >= 4 is 34.8 Å². The number of carbonyl (C=O) groups is 2. The SMILES string of the molecule is O=C1[C@H]2N=NN(c3ccc(F)c(Cl)c3)[C@@H]2C(=O)N1c1ccc(F)c(F)c1. The first-order valence-electron chi connectivity index (χ1n) is 7.36. The Hall–Kier alpha value is -2.94. The van der Waals surface area contributed by atoms with Crippen molar-refractivity contribution in [3.05, 3.63) is 58.9 Å². The van der Waals surface area contributed by atoms with Crippen LogP contribution in [0.4, 0.5) is 24.5 Å². The standard InChI is InChI=1S/C16H8ClF3N4O2/c17-9-5-8(2-3-10(9)18)24-14-13(21-22-24)15(25)23(16(14)26)7-1-4-11(19)12(20)6-7/h1-6,13-14H/t13-,14-/m0/s1. The normalized spacial score (nSPS) is 21.7. The quantitative estimate of drug-likeness (QED) is 0.751. The summed E-state index contributed by atoms with van der Waals surface area (Å²) in [4.78, 5) is 26.0. The van der Waals surface area contributed by atoms with Crippen molar-refractivity contribution in [2.45, 2.75) is 12.1 Å². The van der Waals surface area contributed by atoms with Crippen LogP contribution in [0.25, 0.3) is 0 Å². The number of amides is 2. The molecule has 1 saturated heterocycles. The van der Waals surface area contributed by atoms with Crippen molar-refractivity contribution in [2.24, 2.45) is 10.3 Å². The van der Waals surface area contributed by atoms with Crippen LogP contribution in [-0.4, -0.2) is 23.9 Å². The number of halogens is 4. The monoisotopic (exact) mass is 380 g/mol. The van der Waals surface area contributed by atoms with Gasteiger partial charge in [-0.1, -0.05) is 16.8 Å². The van der Waals surface area contributed by atoms with E-state index >= 15 is 0 Å². The second-order valence-electron chi connectivity index (χ2n) is 5.65. The molecule has 0 aliphatic carbocycles. The zero-order chi connectivity index (χ0) is 18.6. The van der Waals surface area contributed by atoms with Crippen molar-refractivity contribution < 1.29 is 22.8 Å². The molecular weight excluding hydrogens is 373 g/mol. The molecule has 0 unspecified atom stereocenters. The predicted octanol–water partition coefficient (Wildman–Crippen LogP) is 3.26. The van der Waals surface area contributed by atoms with Gasteiger partial charge in [-0.25, -0.2) is 23.1 Å². The molecule has 0 bridgehead atoms. The number of anilines is 2. The lowest BCUT2D eigenvalue weighted by atomic mass is 10.1. The highest BCUT2D eigenvalue weighted by Gasteiger charge is 2.55. The minimum absolute atomic E-state index is 0.111. The van der Waals surface area contributed by atoms with Gasteiger partial charge >= 0.3 is 0 Å². The number of carbonyl (C=O) groups excluding carboxylic acids is 2. The van der Waals surface area contributed by atoms with E-state index in [4.69, 9.17) is 11.6 Å². The van der Waals surface area contributed by atoms with Gasteiger partial charge in [0.25, 0.3) is 11.8 Å². The molecule has 26 heavy (non-hydrogen) atoms. The van der Waals surface area contributed by atoms with Crippen molar-refractivity contribution in [3.63, 3.8) is 0 Å². The third-order valence-corrected chi connectivity index (χ3v) is 4.40. The van der Waals surface area contributed by atoms with Crippen molar-refractivity contribution in [3.8, 4) is 0 Å². The molecule has 0 aromatic heterocycles. The predicted molar refractivity (Wildman–Crippen MR) is 85.2 cm³/mol. The van der Waals surface area contributed by atoms with Gasteiger partial charge in [-0.15, -0.1) is 0 Å². The molecule has 4 rings (SSSR count). The number of rotatable bonds is 2. The molecule has 0 N–H and O–H groups in total. The molecule has 1 fully saturated rings. The summed E-state index contributed by atoms with van der Waals surface area (Å²) in [5.41, 5.74) is 0.154. The van der Waals surface area contributed by atoms with E-state index in [0.29, 0.717) is 0 Å². The smallest absolute Gasteiger partial charge is 0.263 e. The molecule has 0 spiro atoms. The summed E-state index contributed by atoms with van der Waals surface area (Å²) < 4.78 is 39.9. The first-order valence-corrected chi connectivity index (χ1v) is 7.74. The largest absolute Gasteiger partial charge is 0.271 e. The minimum atomic E-state index is -1.19. The highest BCUT2D eigenvalue weighted by Crippen LogP contribution is 2.36. The van der Waals surface area contributed by atoms with Crippen molar-refractivity contribution in [1.82, 2.24) is 0 Å². The second-order valence-corrected chi connectivity index (χ2v) is 6.06. The highest BCUT2D eigenvalue weighted by molar-refractivity contribution is 6.31. The van der Waals surface area contributed by atoms with Gasteiger partial charge in [0.1, 0.15) is 5.82 Å². The average Bonchev–Trinajstić information content (AvgIpc) is 3.14. The molecule has 10 heteroatoms. The van der Waals surface area contributed by atoms with Gasteiger partial charge < -0.3 is 0 Å². The van der Waals surface area contributed by atoms with Gasteiger partial charge in [0, 0.05) is 6.07 Å². The Morgan fingerprint density at radius 1 is 0.885 bits per heavy atom. The summed E-state index contributed by atoms with van der Waals surface area (Å²) in [6.07, 6.45) is 0. The van der Waals surface area contributed by atoms with Crippen LogP contribution in [-0.2, 0) is 9.59 Å². The van der Waals surface area contributed by atoms with Crippen LogP contribution in [0.5, 0.6) is 0 Å². The molecular formula is C16H8ClF3N4O2. The fourth-order valence-electron chi connectivity index (χ4n) is 2.88. The van der Waals surface area contributed by atoms with Crippen LogP contribution in [0, 0.1) is 17.5 Å². The first kappa shape index (κ1) is 16.5. The Bertz CT molecular complexity index is 984. The molecule has 2 amide bonds. The Morgan fingerprint density at radius 3 is 2.27 bits per heavy atom. The third kappa shape index (κ3) is 2.35. The lowest BCUT2D eigenvalue weighted by Crippen LogP contribution is -2.40. The highest BCUT2D eigenvalue weighted by atomic mass is 35.5. The van der Waals surface area contributed by atoms with Crippen molar-refractivity contribution in [2.75, 3.05) is 9.91 Å². The van der Waals surface area contributed by atoms with Crippen LogP contribution in [0.1, 0.15) is 0 Å². The van der Waals surface area contributed by atoms with Gasteiger partial charge in [-0.2, -0.15) is 5.11 Å². The van der Waals surface area contributed by atoms with E-state index in [1.807, 2.05) is 0 Å². The zero-order valence-corrected chi connectivity index (χ0v) is 13.5. The fourth-order valence-corrected chi connectivity index (χ4v) is 3.05. The van der Waals surface area contributed by atoms with Crippen LogP contribution in [0.2, 0.25) is 5.02 Å². The summed E-state index contributed by atoms with van der Waals surface area (Å²) >= 11 is 5.74. The van der Waals surface area contributed by atoms with Gasteiger partial charge in [0.15, 0.2) is 23.7 Å². The molecule has 6 nitrogen and oxygen atoms in total. The van der Waals surface area contributed by atoms with E-state index in [9.17, 15) is 22.8 Å². The topological polar surface area (TPSA) is 65.3 Å². The molecule has 2 atom stereocenters. The summed E-state index contributed by atoms with van der Waals surface area (Å²) in [6.45, 7) is 0. The molecule has 2 aromatic carbocycles. The van der Waals surface area contributed by atoms with E-state index in [-0.39, 0.29) is 16.4 Å². The first-order chi connectivity index (χ1) is 12.4. The fraction of sp³-hybridized carbons (Fsp3) is 0.125. The maximum Gasteiger partial charge on any atom is 0.263 e. The number of benzene rings is 2. The zero-order valence-electron chi connectivity index (χ0n) is 12.7. The van der Waals surface area contributed by atoms with Crippen molar-refractivity contribution in [1.29, 1.82) is 0 Å². The van der Waals surface area contributed by atoms with Gasteiger partial charge in [-0.3, -0.25) is 9.59 Å². The molecule has 132 valence electrons. The summed E-state index contributed by atoms with van der Waals surface area (Å²) in [7, 11) is 0. The van der Waals surface area contributed by atoms with Gasteiger partial charge in [-0.05, 0) is 30.3 Å². The number of fused-ring (bicyclic) bond motifs is 1. The molecule has 2 heterocycles. The number of nitrogens with zero attached hydrogens (tertiary/aromatic N) is 4. The second kappa shape index (κ2) is 5.80. The van der Waals surface area contributed by atoms with Crippen LogP contribution in [0.3, 0.4) is 0 Å². The Labute approximate surface area is 149 Å². The molecule has 0 radical (unpaired) electrons. The van der Waals surface area contributed by atoms with E-state index < -0.39 is 41.3 Å². The van der Waals surface area contributed by atoms with Crippen LogP contribution in [0.15, 0.2) is 46.7 Å². The Kier molecular flexibility index (Phi) is 3.69. The average molecular weight is 381 g/mol. The van der Waals surface area contributed by atoms with Crippen LogP contribution < -0.4 is 9.91 Å². The minimum Gasteiger partial charge on any atom is -0.271 e. The van der Waals surface area contributed by atoms with Gasteiger partial charge in [0.2, 0.25) is 0 Å². The number of imide groups is 1. The van der Waals surface area contributed by atoms with Crippen LogP contribution >= 0.6 is 11.6 Å². The Morgan fingerprint density at radius 2 is 1.58 bits per heavy atom. The molecule has 2 aliphatic heterocycles. The molecule has 2 aliphatic rings. The molecule has 0 saturated carbocycles. The summed E-state index contributed by atoms with van der Waals surface area (Å²) in [5, 5.41) is 8.55. The number of hydrogen-bond acceptors (Lipinski definition) is 5. The Balaban J connectivity index is 1.71. The summed E-state index contributed by atoms with van der Waals surface area (Å²) in [5.74, 6) is -4.37. The van der Waals surface area contributed by atoms with Gasteiger partial charge in [0.05, 0.1) is 16.4 Å². The number of hydrogen-bond donors (Lipinski definition) is 0. The maximum absolute atomic E-state index is 13.5. The lowest BCUT2D eigenvalue weighted by molar-refractivity contribution is -0.121. The maximum atomic E-state index is 13.5. The van der Waals surface area contributed by atoms with E-state index in [2.05, 4.69) is 10.3 Å². The molecule has 2 aromatic rings. The third-order valence-electron chi connectivity index (χ3n) is 4.11.